The van der Waals surface area contributed by atoms with Crippen molar-refractivity contribution in [3.63, 3.8) is 0 Å². The average molecular weight is 298 g/mol. The molecule has 0 unspecified atom stereocenters. The number of hydrogen-bond acceptors (Lipinski definition) is 0. The van der Waals surface area contributed by atoms with Gasteiger partial charge in [0.2, 0.25) is 0 Å². The van der Waals surface area contributed by atoms with Crippen LogP contribution < -0.4 is 0 Å². The van der Waals surface area contributed by atoms with Gasteiger partial charge in [-0.15, -0.1) is 0 Å². The van der Waals surface area contributed by atoms with Gasteiger partial charge in [0.05, 0.1) is 28.2 Å². The van der Waals surface area contributed by atoms with Gasteiger partial charge in [-0.05, 0) is 0 Å². The minimum Gasteiger partial charge on any atom is -0.326 e. The Hall–Kier alpha value is -1.64. The molecule has 0 saturated heterocycles. The molecule has 0 fully saturated rings. The van der Waals surface area contributed by atoms with E-state index in [1.165, 1.54) is 24.2 Å². The first-order chi connectivity index (χ1) is 10.4. The van der Waals surface area contributed by atoms with Crippen LogP contribution in [-0.2, 0) is 13.1 Å². The molecule has 2 nitrogen and oxygen atoms in total. The first-order valence-electron chi connectivity index (χ1n) is 8.08. The molecular weight excluding hydrogens is 268 g/mol. The molecule has 2 aromatic rings. The van der Waals surface area contributed by atoms with E-state index in [2.05, 4.69) is 88.9 Å². The molecule has 0 aromatic heterocycles. The number of quaternary nitrogens is 2. The monoisotopic (exact) mass is 298 g/mol. The van der Waals surface area contributed by atoms with Gasteiger partial charge in [-0.2, -0.15) is 0 Å². The Balaban J connectivity index is 2.15. The lowest BCUT2D eigenvalue weighted by Crippen LogP contribution is -2.50. The summed E-state index contributed by atoms with van der Waals surface area (Å²) in [5.74, 6) is 0. The van der Waals surface area contributed by atoms with Crippen LogP contribution in [0, 0.1) is 0 Å². The molecule has 0 N–H and O–H groups in total. The van der Waals surface area contributed by atoms with Gasteiger partial charge in [-0.25, -0.2) is 0 Å². The molecule has 22 heavy (non-hydrogen) atoms. The van der Waals surface area contributed by atoms with Gasteiger partial charge in [0.15, 0.2) is 0 Å². The topological polar surface area (TPSA) is 0 Å². The molecule has 0 spiro atoms. The lowest BCUT2D eigenvalue weighted by molar-refractivity contribution is -0.966. The highest BCUT2D eigenvalue weighted by atomic mass is 15.4. The Bertz CT molecular complexity index is 514. The van der Waals surface area contributed by atoms with Crippen molar-refractivity contribution in [1.29, 1.82) is 0 Å². The van der Waals surface area contributed by atoms with Gasteiger partial charge in [0, 0.05) is 11.1 Å². The van der Waals surface area contributed by atoms with Crippen LogP contribution in [0.1, 0.15) is 11.1 Å². The first kappa shape index (κ1) is 16.7. The lowest BCUT2D eigenvalue weighted by atomic mass is 10.1. The smallest absolute Gasteiger partial charge is 0.129 e. The normalized spacial score (nSPS) is 12.4. The van der Waals surface area contributed by atoms with Crippen molar-refractivity contribution in [3.8, 4) is 0 Å². The average Bonchev–Trinajstić information content (AvgIpc) is 2.47. The predicted octanol–water partition coefficient (Wildman–Crippen LogP) is 3.54. The van der Waals surface area contributed by atoms with Gasteiger partial charge in [-0.1, -0.05) is 60.7 Å². The van der Waals surface area contributed by atoms with Crippen LogP contribution in [0.2, 0.25) is 0 Å². The maximum atomic E-state index is 2.38. The largest absolute Gasteiger partial charge is 0.326 e. The molecule has 2 rings (SSSR count). The summed E-state index contributed by atoms with van der Waals surface area (Å²) in [6, 6.07) is 21.7. The third-order valence-corrected chi connectivity index (χ3v) is 4.12. The van der Waals surface area contributed by atoms with Gasteiger partial charge in [0.25, 0.3) is 0 Å². The molecule has 0 aliphatic rings. The van der Waals surface area contributed by atoms with Crippen molar-refractivity contribution in [3.05, 3.63) is 71.8 Å². The van der Waals surface area contributed by atoms with E-state index in [0.29, 0.717) is 0 Å². The third-order valence-electron chi connectivity index (χ3n) is 4.12. The Morgan fingerprint density at radius 1 is 0.591 bits per heavy atom. The number of nitrogens with zero attached hydrogens (tertiary/aromatic N) is 2. The number of hydrogen-bond donors (Lipinski definition) is 0. The Morgan fingerprint density at radius 3 is 1.36 bits per heavy atom. The van der Waals surface area contributed by atoms with E-state index in [1.807, 2.05) is 0 Å². The lowest BCUT2D eigenvalue weighted by Gasteiger charge is -2.37. The quantitative estimate of drug-likeness (QED) is 0.686. The van der Waals surface area contributed by atoms with Crippen molar-refractivity contribution < 1.29 is 8.97 Å². The molecule has 0 aliphatic carbocycles. The van der Waals surface area contributed by atoms with Crippen LogP contribution in [0.15, 0.2) is 60.7 Å². The standard InChI is InChI=1S/C20H30N2/c1-21(2,3)15-16-22(4,17-19-11-7-5-8-12-19)18-20-13-9-6-10-14-20/h5-14H,15-18H2,1-4H3/q+2. The van der Waals surface area contributed by atoms with E-state index in [4.69, 9.17) is 0 Å². The van der Waals surface area contributed by atoms with Crippen LogP contribution in [0.25, 0.3) is 0 Å². The number of rotatable bonds is 7. The SMILES string of the molecule is C[N+](C)(C)CC[N+](C)(Cc1ccccc1)Cc1ccccc1. The summed E-state index contributed by atoms with van der Waals surface area (Å²) in [5, 5.41) is 0. The number of likely N-dealkylation sites (N-methyl/N-ethyl adjacent to an activating group) is 2. The van der Waals surface area contributed by atoms with Crippen molar-refractivity contribution in [2.45, 2.75) is 13.1 Å². The second-order valence-electron chi connectivity index (χ2n) is 7.64. The van der Waals surface area contributed by atoms with E-state index < -0.39 is 0 Å². The van der Waals surface area contributed by atoms with Crippen LogP contribution >= 0.6 is 0 Å². The van der Waals surface area contributed by atoms with Gasteiger partial charge in [-0.3, -0.25) is 0 Å². The molecule has 2 aromatic carbocycles. The summed E-state index contributed by atoms with van der Waals surface area (Å²) in [5.41, 5.74) is 2.84. The van der Waals surface area contributed by atoms with Crippen molar-refractivity contribution in [1.82, 2.24) is 0 Å². The number of benzene rings is 2. The molecule has 2 heteroatoms. The summed E-state index contributed by atoms with van der Waals surface area (Å²) in [6.07, 6.45) is 0. The second kappa shape index (κ2) is 7.08. The summed E-state index contributed by atoms with van der Waals surface area (Å²) >= 11 is 0. The zero-order chi connectivity index (χ0) is 16.1. The fourth-order valence-corrected chi connectivity index (χ4v) is 2.80. The van der Waals surface area contributed by atoms with E-state index in [9.17, 15) is 0 Å². The maximum absolute atomic E-state index is 2.38. The Morgan fingerprint density at radius 2 is 1.00 bits per heavy atom. The molecule has 0 radical (unpaired) electrons. The summed E-state index contributed by atoms with van der Waals surface area (Å²) in [4.78, 5) is 0. The van der Waals surface area contributed by atoms with Crippen molar-refractivity contribution in [2.75, 3.05) is 41.3 Å². The van der Waals surface area contributed by atoms with Crippen LogP contribution in [0.5, 0.6) is 0 Å². The molecule has 0 amide bonds. The van der Waals surface area contributed by atoms with Crippen LogP contribution in [0.4, 0.5) is 0 Å². The van der Waals surface area contributed by atoms with Crippen LogP contribution in [-0.4, -0.2) is 50.2 Å². The minimum atomic E-state index is 1.01. The van der Waals surface area contributed by atoms with Gasteiger partial charge >= 0.3 is 0 Å². The van der Waals surface area contributed by atoms with Crippen LogP contribution in [0.3, 0.4) is 0 Å². The molecular formula is C20H30N2+2. The van der Waals surface area contributed by atoms with Gasteiger partial charge in [0.1, 0.15) is 26.2 Å². The highest BCUT2D eigenvalue weighted by Gasteiger charge is 2.25. The molecule has 0 saturated carbocycles. The van der Waals surface area contributed by atoms with Crippen molar-refractivity contribution in [2.24, 2.45) is 0 Å². The zero-order valence-corrected chi connectivity index (χ0v) is 14.5. The summed E-state index contributed by atoms with van der Waals surface area (Å²) < 4.78 is 2.06. The summed E-state index contributed by atoms with van der Waals surface area (Å²) in [6.45, 7) is 4.51. The molecule has 0 bridgehead atoms. The Labute approximate surface area is 135 Å². The van der Waals surface area contributed by atoms with Crippen molar-refractivity contribution >= 4 is 0 Å². The second-order valence-corrected chi connectivity index (χ2v) is 7.64. The first-order valence-corrected chi connectivity index (χ1v) is 8.08. The fourth-order valence-electron chi connectivity index (χ4n) is 2.80. The van der Waals surface area contributed by atoms with E-state index >= 15 is 0 Å². The third kappa shape index (κ3) is 5.63. The maximum Gasteiger partial charge on any atom is 0.129 e. The highest BCUT2D eigenvalue weighted by molar-refractivity contribution is 5.15. The molecule has 0 aliphatic heterocycles. The highest BCUT2D eigenvalue weighted by Crippen LogP contribution is 2.17. The zero-order valence-electron chi connectivity index (χ0n) is 14.5. The predicted molar refractivity (Wildman–Crippen MR) is 94.2 cm³/mol. The van der Waals surface area contributed by atoms with E-state index in [1.54, 1.807) is 0 Å². The molecule has 0 heterocycles. The Kier molecular flexibility index (Phi) is 5.38. The van der Waals surface area contributed by atoms with Gasteiger partial charge < -0.3 is 8.97 Å². The molecule has 118 valence electrons. The van der Waals surface area contributed by atoms with E-state index in [0.717, 1.165) is 22.1 Å². The summed E-state index contributed by atoms with van der Waals surface area (Å²) in [7, 11) is 9.20. The van der Waals surface area contributed by atoms with E-state index in [-0.39, 0.29) is 0 Å². The minimum absolute atomic E-state index is 1.01. The molecule has 0 atom stereocenters. The fraction of sp³-hybridized carbons (Fsp3) is 0.400.